The first kappa shape index (κ1) is 15.1. The van der Waals surface area contributed by atoms with Gasteiger partial charge in [0.05, 0.1) is 9.83 Å². The monoisotopic (exact) mass is 409 g/mol. The van der Waals surface area contributed by atoms with E-state index in [4.69, 9.17) is 0 Å². The molecule has 1 N–H and O–H groups in total. The minimum atomic E-state index is -0.562. The van der Waals surface area contributed by atoms with Crippen molar-refractivity contribution >= 4 is 43.2 Å². The Kier molecular flexibility index (Phi) is 4.76. The van der Waals surface area contributed by atoms with Gasteiger partial charge in [-0.1, -0.05) is 15.9 Å². The van der Waals surface area contributed by atoms with Gasteiger partial charge in [0.2, 0.25) is 0 Å². The fourth-order valence-corrected chi connectivity index (χ4v) is 4.18. The molecule has 1 aromatic carbocycles. The standard InChI is InChI=1S/C13H11Br2F2NS/c1-6-8(5-11(15)19-6)13(18-2)12-9(16)3-7(14)4-10(12)17/h3-5,13,18H,1-2H3. The highest BCUT2D eigenvalue weighted by molar-refractivity contribution is 9.11. The van der Waals surface area contributed by atoms with Crippen molar-refractivity contribution in [1.29, 1.82) is 0 Å². The van der Waals surface area contributed by atoms with E-state index in [1.807, 2.05) is 13.0 Å². The molecule has 1 unspecified atom stereocenters. The summed E-state index contributed by atoms with van der Waals surface area (Å²) in [5.74, 6) is -1.12. The molecule has 1 aromatic heterocycles. The van der Waals surface area contributed by atoms with E-state index in [1.54, 1.807) is 18.4 Å². The topological polar surface area (TPSA) is 12.0 Å². The largest absolute Gasteiger partial charge is 0.309 e. The Morgan fingerprint density at radius 1 is 1.16 bits per heavy atom. The molecule has 6 heteroatoms. The van der Waals surface area contributed by atoms with E-state index in [1.165, 1.54) is 12.1 Å². The smallest absolute Gasteiger partial charge is 0.132 e. The van der Waals surface area contributed by atoms with Crippen molar-refractivity contribution in [3.63, 3.8) is 0 Å². The summed E-state index contributed by atoms with van der Waals surface area (Å²) in [7, 11) is 1.69. The van der Waals surface area contributed by atoms with Crippen molar-refractivity contribution in [2.45, 2.75) is 13.0 Å². The molecule has 19 heavy (non-hydrogen) atoms. The summed E-state index contributed by atoms with van der Waals surface area (Å²) in [5, 5.41) is 2.98. The van der Waals surface area contributed by atoms with Gasteiger partial charge in [-0.2, -0.15) is 0 Å². The van der Waals surface area contributed by atoms with Gasteiger partial charge in [-0.3, -0.25) is 0 Å². The third kappa shape index (κ3) is 3.07. The van der Waals surface area contributed by atoms with E-state index in [0.29, 0.717) is 4.47 Å². The molecule has 0 radical (unpaired) electrons. The van der Waals surface area contributed by atoms with Crippen molar-refractivity contribution in [1.82, 2.24) is 5.32 Å². The van der Waals surface area contributed by atoms with Gasteiger partial charge in [-0.25, -0.2) is 8.78 Å². The molecule has 0 aliphatic rings. The molecule has 2 aromatic rings. The summed E-state index contributed by atoms with van der Waals surface area (Å²) in [5.41, 5.74) is 0.915. The van der Waals surface area contributed by atoms with Crippen LogP contribution in [-0.2, 0) is 0 Å². The van der Waals surface area contributed by atoms with Gasteiger partial charge < -0.3 is 5.32 Å². The number of rotatable bonds is 3. The predicted molar refractivity (Wildman–Crippen MR) is 81.7 cm³/mol. The van der Waals surface area contributed by atoms with Gasteiger partial charge in [0, 0.05) is 14.9 Å². The number of halogens is 4. The average molecular weight is 411 g/mol. The molecule has 2 rings (SSSR count). The molecule has 0 amide bonds. The van der Waals surface area contributed by atoms with Gasteiger partial charge in [0.1, 0.15) is 11.6 Å². The molecule has 102 valence electrons. The second-order valence-electron chi connectivity index (χ2n) is 4.07. The molecule has 0 aliphatic heterocycles. The molecule has 1 heterocycles. The lowest BCUT2D eigenvalue weighted by molar-refractivity contribution is 0.521. The number of aryl methyl sites for hydroxylation is 1. The normalized spacial score (nSPS) is 12.7. The molecule has 1 nitrogen and oxygen atoms in total. The van der Waals surface area contributed by atoms with E-state index < -0.39 is 17.7 Å². The van der Waals surface area contributed by atoms with E-state index in [0.717, 1.165) is 14.2 Å². The minimum absolute atomic E-state index is 0.0408. The molecule has 1 atom stereocenters. The van der Waals surface area contributed by atoms with Crippen LogP contribution in [0.15, 0.2) is 26.5 Å². The SMILES string of the molecule is CNC(c1cc(Br)sc1C)c1c(F)cc(Br)cc1F. The van der Waals surface area contributed by atoms with Crippen LogP contribution >= 0.6 is 43.2 Å². The number of benzene rings is 1. The number of thiophene rings is 1. The first-order valence-corrected chi connectivity index (χ1v) is 7.91. The van der Waals surface area contributed by atoms with Crippen LogP contribution in [0.3, 0.4) is 0 Å². The summed E-state index contributed by atoms with van der Waals surface area (Å²) in [6.45, 7) is 1.93. The van der Waals surface area contributed by atoms with Gasteiger partial charge >= 0.3 is 0 Å². The Hall–Kier alpha value is -0.300. The van der Waals surface area contributed by atoms with E-state index >= 15 is 0 Å². The van der Waals surface area contributed by atoms with Crippen LogP contribution in [0.4, 0.5) is 8.78 Å². The second kappa shape index (κ2) is 5.99. The predicted octanol–water partition coefficient (Wildman–Crippen LogP) is 5.17. The van der Waals surface area contributed by atoms with Crippen LogP contribution < -0.4 is 5.32 Å². The Morgan fingerprint density at radius 3 is 2.16 bits per heavy atom. The molecule has 0 bridgehead atoms. The molecule has 0 spiro atoms. The maximum Gasteiger partial charge on any atom is 0.132 e. The zero-order valence-electron chi connectivity index (χ0n) is 10.2. The first-order valence-electron chi connectivity index (χ1n) is 5.51. The fraction of sp³-hybridized carbons (Fsp3) is 0.231. The highest BCUT2D eigenvalue weighted by atomic mass is 79.9. The third-order valence-electron chi connectivity index (χ3n) is 2.86. The van der Waals surface area contributed by atoms with Crippen molar-refractivity contribution < 1.29 is 8.78 Å². The average Bonchev–Trinajstić information content (AvgIpc) is 2.62. The maximum absolute atomic E-state index is 14.1. The molecule has 0 aliphatic carbocycles. The number of nitrogens with one attached hydrogen (secondary N) is 1. The van der Waals surface area contributed by atoms with Crippen molar-refractivity contribution in [2.24, 2.45) is 0 Å². The highest BCUT2D eigenvalue weighted by Crippen LogP contribution is 2.36. The lowest BCUT2D eigenvalue weighted by atomic mass is 9.98. The molecule has 0 fully saturated rings. The van der Waals surface area contributed by atoms with Crippen LogP contribution in [0, 0.1) is 18.6 Å². The zero-order chi connectivity index (χ0) is 14.2. The number of hydrogen-bond donors (Lipinski definition) is 1. The Morgan fingerprint density at radius 2 is 1.74 bits per heavy atom. The summed E-state index contributed by atoms with van der Waals surface area (Å²) < 4.78 is 29.4. The van der Waals surface area contributed by atoms with Gasteiger partial charge in [-0.15, -0.1) is 11.3 Å². The quantitative estimate of drug-likeness (QED) is 0.735. The van der Waals surface area contributed by atoms with Gasteiger partial charge in [0.25, 0.3) is 0 Å². The summed E-state index contributed by atoms with van der Waals surface area (Å²) in [6.07, 6.45) is 0. The zero-order valence-corrected chi connectivity index (χ0v) is 14.2. The third-order valence-corrected chi connectivity index (χ3v) is 4.89. The Labute approximate surface area is 131 Å². The molecular weight excluding hydrogens is 400 g/mol. The maximum atomic E-state index is 14.1. The van der Waals surface area contributed by atoms with E-state index in [-0.39, 0.29) is 5.56 Å². The van der Waals surface area contributed by atoms with Crippen molar-refractivity contribution in [3.05, 3.63) is 54.1 Å². The Bertz CT molecular complexity index is 590. The minimum Gasteiger partial charge on any atom is -0.309 e. The second-order valence-corrected chi connectivity index (χ2v) is 7.62. The van der Waals surface area contributed by atoms with Crippen LogP contribution in [0.2, 0.25) is 0 Å². The lowest BCUT2D eigenvalue weighted by Gasteiger charge is -2.18. The molecule has 0 saturated carbocycles. The van der Waals surface area contributed by atoms with Gasteiger partial charge in [-0.05, 0) is 53.7 Å². The van der Waals surface area contributed by atoms with Crippen molar-refractivity contribution in [3.8, 4) is 0 Å². The van der Waals surface area contributed by atoms with Crippen LogP contribution in [-0.4, -0.2) is 7.05 Å². The summed E-state index contributed by atoms with van der Waals surface area (Å²) >= 11 is 8.03. The first-order chi connectivity index (χ1) is 8.93. The highest BCUT2D eigenvalue weighted by Gasteiger charge is 2.23. The fourth-order valence-electron chi connectivity index (χ4n) is 2.03. The summed E-state index contributed by atoms with van der Waals surface area (Å²) in [6, 6.07) is 3.94. The van der Waals surface area contributed by atoms with Crippen LogP contribution in [0.5, 0.6) is 0 Å². The molecular formula is C13H11Br2F2NS. The summed E-state index contributed by atoms with van der Waals surface area (Å²) in [4.78, 5) is 1.02. The lowest BCUT2D eigenvalue weighted by Crippen LogP contribution is -2.20. The van der Waals surface area contributed by atoms with Gasteiger partial charge in [0.15, 0.2) is 0 Å². The van der Waals surface area contributed by atoms with Crippen LogP contribution in [0.25, 0.3) is 0 Å². The Balaban J connectivity index is 2.57. The van der Waals surface area contributed by atoms with Crippen molar-refractivity contribution in [2.75, 3.05) is 7.05 Å². The number of hydrogen-bond acceptors (Lipinski definition) is 2. The van der Waals surface area contributed by atoms with E-state index in [2.05, 4.69) is 37.2 Å². The molecule has 0 saturated heterocycles. The van der Waals surface area contributed by atoms with E-state index in [9.17, 15) is 8.78 Å². The van der Waals surface area contributed by atoms with Crippen LogP contribution in [0.1, 0.15) is 22.0 Å².